The minimum Gasteiger partial charge on any atom is -0.377 e. The number of carbonyl (C=O) groups is 1. The van der Waals surface area contributed by atoms with Gasteiger partial charge >= 0.3 is 0 Å². The number of morpholine rings is 1. The highest BCUT2D eigenvalue weighted by Gasteiger charge is 2.35. The molecule has 1 fully saturated rings. The maximum absolute atomic E-state index is 13.8. The van der Waals surface area contributed by atoms with Crippen LogP contribution in [0, 0.1) is 5.92 Å². The topological polar surface area (TPSA) is 47.4 Å². The molecule has 2 aliphatic rings. The van der Waals surface area contributed by atoms with Gasteiger partial charge in [-0.05, 0) is 24.5 Å². The maximum atomic E-state index is 13.8. The summed E-state index contributed by atoms with van der Waals surface area (Å²) < 4.78 is 7.58. The fourth-order valence-electron chi connectivity index (χ4n) is 4.30. The number of fused-ring (bicyclic) bond motifs is 1. The number of nitrogens with zero attached hydrogens (tertiary/aromatic N) is 3. The first-order chi connectivity index (χ1) is 15.0. The second-order valence-corrected chi connectivity index (χ2v) is 9.27. The highest BCUT2D eigenvalue weighted by atomic mass is 32.2. The Labute approximate surface area is 188 Å². The largest absolute Gasteiger partial charge is 0.377 e. The van der Waals surface area contributed by atoms with Crippen LogP contribution in [0.2, 0.25) is 0 Å². The van der Waals surface area contributed by atoms with Crippen molar-refractivity contribution in [1.82, 2.24) is 14.7 Å². The molecule has 6 heteroatoms. The van der Waals surface area contributed by atoms with Gasteiger partial charge in [-0.25, -0.2) is 4.68 Å². The molecule has 0 bridgehead atoms. The monoisotopic (exact) mass is 435 g/mol. The number of benzene rings is 1. The molecule has 4 rings (SSSR count). The van der Waals surface area contributed by atoms with E-state index >= 15 is 0 Å². The molecule has 3 heterocycles. The Kier molecular flexibility index (Phi) is 6.49. The Bertz CT molecular complexity index is 1020. The summed E-state index contributed by atoms with van der Waals surface area (Å²) in [6.45, 7) is 14.1. The molecule has 5 nitrogen and oxygen atoms in total. The molecule has 1 atom stereocenters. The molecular weight excluding hydrogens is 406 g/mol. The summed E-state index contributed by atoms with van der Waals surface area (Å²) in [6, 6.07) is 10.0. The van der Waals surface area contributed by atoms with E-state index in [-0.39, 0.29) is 11.9 Å². The van der Waals surface area contributed by atoms with E-state index in [0.717, 1.165) is 33.8 Å². The van der Waals surface area contributed by atoms with Gasteiger partial charge in [-0.3, -0.25) is 4.79 Å². The lowest BCUT2D eigenvalue weighted by atomic mass is 10.0. The lowest BCUT2D eigenvalue weighted by Crippen LogP contribution is -2.49. The average molecular weight is 436 g/mol. The summed E-state index contributed by atoms with van der Waals surface area (Å²) in [4.78, 5) is 16.8. The van der Waals surface area contributed by atoms with Crippen LogP contribution < -0.4 is 0 Å². The standard InChI is InChI=1S/C25H29N3O2S/c1-5-20-22(6-2)31-16-21-23(26-28(24(20)21)18-10-8-7-9-11-18)25(29)27-12-13-30-15-19(27)14-17(3)4/h5-11,17,19H,1-2,12-16H2,3-4H3. The molecule has 2 aromatic rings. The summed E-state index contributed by atoms with van der Waals surface area (Å²) in [5.74, 6) is 1.16. The fraction of sp³-hybridized carbons (Fsp3) is 0.360. The Hall–Kier alpha value is -2.57. The third-order valence-electron chi connectivity index (χ3n) is 5.70. The van der Waals surface area contributed by atoms with Gasteiger partial charge in [0.25, 0.3) is 5.91 Å². The lowest BCUT2D eigenvalue weighted by molar-refractivity contribution is -0.00782. The maximum Gasteiger partial charge on any atom is 0.275 e. The zero-order valence-corrected chi connectivity index (χ0v) is 19.0. The Morgan fingerprint density at radius 3 is 2.74 bits per heavy atom. The fourth-order valence-corrected chi connectivity index (χ4v) is 5.33. The predicted octanol–water partition coefficient (Wildman–Crippen LogP) is 5.09. The van der Waals surface area contributed by atoms with Gasteiger partial charge in [0, 0.05) is 28.3 Å². The van der Waals surface area contributed by atoms with E-state index in [1.807, 2.05) is 52.1 Å². The van der Waals surface area contributed by atoms with Gasteiger partial charge in [-0.1, -0.05) is 57.4 Å². The third kappa shape index (κ3) is 4.14. The molecule has 1 amide bonds. The zero-order chi connectivity index (χ0) is 22.0. The molecule has 1 unspecified atom stereocenters. The molecule has 1 saturated heterocycles. The number of carbonyl (C=O) groups excluding carboxylic acids is 1. The normalized spacial score (nSPS) is 18.8. The van der Waals surface area contributed by atoms with E-state index in [1.54, 1.807) is 11.8 Å². The van der Waals surface area contributed by atoms with Crippen molar-refractivity contribution in [3.05, 3.63) is 77.5 Å². The molecule has 0 saturated carbocycles. The first-order valence-electron chi connectivity index (χ1n) is 10.7. The molecule has 31 heavy (non-hydrogen) atoms. The van der Waals surface area contributed by atoms with Crippen molar-refractivity contribution in [2.45, 2.75) is 32.1 Å². The second-order valence-electron chi connectivity index (χ2n) is 8.25. The lowest BCUT2D eigenvalue weighted by Gasteiger charge is -2.36. The predicted molar refractivity (Wildman–Crippen MR) is 127 cm³/mol. The molecule has 0 spiro atoms. The van der Waals surface area contributed by atoms with Crippen molar-refractivity contribution in [3.63, 3.8) is 0 Å². The Balaban J connectivity index is 1.84. The van der Waals surface area contributed by atoms with Crippen LogP contribution in [0.15, 0.2) is 60.5 Å². The van der Waals surface area contributed by atoms with E-state index < -0.39 is 0 Å². The summed E-state index contributed by atoms with van der Waals surface area (Å²) in [5, 5.41) is 4.87. The first-order valence-corrected chi connectivity index (χ1v) is 11.7. The summed E-state index contributed by atoms with van der Waals surface area (Å²) >= 11 is 1.68. The number of ether oxygens (including phenoxy) is 1. The SMILES string of the molecule is C=CC1=C(C=C)c2c(c(C(=O)N3CCOCC3CC(C)C)nn2-c2ccccc2)CS1. The second kappa shape index (κ2) is 9.28. The van der Waals surface area contributed by atoms with Crippen molar-refractivity contribution in [2.24, 2.45) is 5.92 Å². The molecular formula is C25H29N3O2S. The Morgan fingerprint density at radius 2 is 2.06 bits per heavy atom. The van der Waals surface area contributed by atoms with E-state index in [2.05, 4.69) is 27.0 Å². The van der Waals surface area contributed by atoms with E-state index in [1.165, 1.54) is 0 Å². The molecule has 1 aromatic carbocycles. The number of para-hydroxylation sites is 1. The van der Waals surface area contributed by atoms with Crippen molar-refractivity contribution >= 4 is 23.2 Å². The zero-order valence-electron chi connectivity index (χ0n) is 18.2. The minimum atomic E-state index is -0.00838. The number of thioether (sulfide) groups is 1. The van der Waals surface area contributed by atoms with Gasteiger partial charge in [0.1, 0.15) is 0 Å². The summed E-state index contributed by atoms with van der Waals surface area (Å²) in [6.07, 6.45) is 4.61. The van der Waals surface area contributed by atoms with Crippen molar-refractivity contribution in [2.75, 3.05) is 19.8 Å². The van der Waals surface area contributed by atoms with Crippen LogP contribution in [-0.4, -0.2) is 46.4 Å². The van der Waals surface area contributed by atoms with Gasteiger partial charge < -0.3 is 9.64 Å². The average Bonchev–Trinajstić information content (AvgIpc) is 3.18. The quantitative estimate of drug-likeness (QED) is 0.634. The molecule has 0 aliphatic carbocycles. The van der Waals surface area contributed by atoms with E-state index in [4.69, 9.17) is 9.84 Å². The van der Waals surface area contributed by atoms with Gasteiger partial charge in [0.2, 0.25) is 0 Å². The number of hydrogen-bond acceptors (Lipinski definition) is 4. The number of aromatic nitrogens is 2. The smallest absolute Gasteiger partial charge is 0.275 e. The number of rotatable bonds is 6. The third-order valence-corrected chi connectivity index (χ3v) is 6.83. The van der Waals surface area contributed by atoms with Crippen LogP contribution in [0.4, 0.5) is 0 Å². The van der Waals surface area contributed by atoms with Crippen molar-refractivity contribution < 1.29 is 9.53 Å². The van der Waals surface area contributed by atoms with Crippen LogP contribution in [0.25, 0.3) is 11.3 Å². The van der Waals surface area contributed by atoms with Crippen molar-refractivity contribution in [3.8, 4) is 5.69 Å². The summed E-state index contributed by atoms with van der Waals surface area (Å²) in [5.41, 5.74) is 4.33. The van der Waals surface area contributed by atoms with E-state index in [0.29, 0.717) is 37.1 Å². The molecule has 2 aliphatic heterocycles. The highest BCUT2D eigenvalue weighted by Crippen LogP contribution is 2.41. The van der Waals surface area contributed by atoms with Gasteiger partial charge in [0.05, 0.1) is 30.6 Å². The number of hydrogen-bond donors (Lipinski definition) is 0. The number of amides is 1. The molecule has 0 radical (unpaired) electrons. The van der Waals surface area contributed by atoms with Crippen LogP contribution in [-0.2, 0) is 10.5 Å². The minimum absolute atomic E-state index is 0.00838. The molecule has 162 valence electrons. The number of allylic oxidation sites excluding steroid dienone is 3. The van der Waals surface area contributed by atoms with Crippen LogP contribution >= 0.6 is 11.8 Å². The first kappa shape index (κ1) is 21.7. The van der Waals surface area contributed by atoms with Gasteiger partial charge in [-0.2, -0.15) is 5.10 Å². The van der Waals surface area contributed by atoms with E-state index in [9.17, 15) is 4.79 Å². The van der Waals surface area contributed by atoms with Crippen LogP contribution in [0.3, 0.4) is 0 Å². The van der Waals surface area contributed by atoms with Gasteiger partial charge in [0.15, 0.2) is 5.69 Å². The van der Waals surface area contributed by atoms with Crippen LogP contribution in [0.1, 0.15) is 42.0 Å². The highest BCUT2D eigenvalue weighted by molar-refractivity contribution is 8.02. The van der Waals surface area contributed by atoms with Gasteiger partial charge in [-0.15, -0.1) is 11.8 Å². The summed E-state index contributed by atoms with van der Waals surface area (Å²) in [7, 11) is 0. The Morgan fingerprint density at radius 1 is 1.29 bits per heavy atom. The molecule has 0 N–H and O–H groups in total. The van der Waals surface area contributed by atoms with Crippen LogP contribution in [0.5, 0.6) is 0 Å². The van der Waals surface area contributed by atoms with Crippen molar-refractivity contribution in [1.29, 1.82) is 0 Å². The molecule has 1 aromatic heterocycles.